The summed E-state index contributed by atoms with van der Waals surface area (Å²) >= 11 is 5.79. The molecule has 1 N–H and O–H groups in total. The molecular formula is C17H22ClNO5. The number of carbonyl (C=O) groups excluding carboxylic acids is 2. The minimum Gasteiger partial charge on any atom is -0.493 e. The van der Waals surface area contributed by atoms with Crippen LogP contribution in [0.3, 0.4) is 0 Å². The predicted molar refractivity (Wildman–Crippen MR) is 89.0 cm³/mol. The molecule has 0 radical (unpaired) electrons. The van der Waals surface area contributed by atoms with Gasteiger partial charge >= 0.3 is 5.97 Å². The first-order valence-electron chi connectivity index (χ1n) is 8.00. The zero-order chi connectivity index (χ0) is 17.6. The minimum absolute atomic E-state index is 0.0603. The van der Waals surface area contributed by atoms with Gasteiger partial charge < -0.3 is 19.5 Å². The second-order valence-electron chi connectivity index (χ2n) is 5.69. The lowest BCUT2D eigenvalue weighted by molar-refractivity contribution is -0.171. The molecule has 1 aromatic carbocycles. The Bertz CT molecular complexity index is 567. The zero-order valence-corrected chi connectivity index (χ0v) is 14.4. The second-order valence-corrected chi connectivity index (χ2v) is 6.12. The molecule has 1 aliphatic rings. The van der Waals surface area contributed by atoms with E-state index in [1.807, 2.05) is 0 Å². The van der Waals surface area contributed by atoms with Gasteiger partial charge in [0.25, 0.3) is 0 Å². The fourth-order valence-electron chi connectivity index (χ4n) is 2.54. The van der Waals surface area contributed by atoms with Crippen LogP contribution in [-0.4, -0.2) is 53.8 Å². The van der Waals surface area contributed by atoms with Gasteiger partial charge in [0.05, 0.1) is 19.6 Å². The molecule has 1 fully saturated rings. The minimum atomic E-state index is -1.48. The maximum absolute atomic E-state index is 12.2. The number of benzene rings is 1. The Morgan fingerprint density at radius 3 is 2.46 bits per heavy atom. The number of hydrogen-bond donors (Lipinski definition) is 1. The summed E-state index contributed by atoms with van der Waals surface area (Å²) in [4.78, 5) is 25.6. The summed E-state index contributed by atoms with van der Waals surface area (Å²) in [5, 5.41) is 10.9. The van der Waals surface area contributed by atoms with Crippen molar-refractivity contribution in [3.63, 3.8) is 0 Å². The molecule has 24 heavy (non-hydrogen) atoms. The first-order valence-corrected chi connectivity index (χ1v) is 8.38. The number of piperidine rings is 1. The second kappa shape index (κ2) is 8.35. The van der Waals surface area contributed by atoms with Crippen LogP contribution in [0.2, 0.25) is 5.02 Å². The van der Waals surface area contributed by atoms with Gasteiger partial charge in [-0.25, -0.2) is 4.79 Å². The Kier molecular flexibility index (Phi) is 6.45. The highest BCUT2D eigenvalue weighted by molar-refractivity contribution is 6.30. The van der Waals surface area contributed by atoms with E-state index in [1.54, 1.807) is 36.1 Å². The van der Waals surface area contributed by atoms with Crippen LogP contribution < -0.4 is 4.74 Å². The van der Waals surface area contributed by atoms with Gasteiger partial charge in [0, 0.05) is 31.0 Å². The summed E-state index contributed by atoms with van der Waals surface area (Å²) in [6, 6.07) is 6.93. The van der Waals surface area contributed by atoms with Crippen LogP contribution >= 0.6 is 11.6 Å². The van der Waals surface area contributed by atoms with Crippen molar-refractivity contribution in [3.8, 4) is 5.75 Å². The SMILES string of the molecule is CCOC(=O)C1(O)CCN(C(=O)CCOc2ccc(Cl)cc2)CC1. The van der Waals surface area contributed by atoms with E-state index >= 15 is 0 Å². The fourth-order valence-corrected chi connectivity index (χ4v) is 2.67. The third-order valence-corrected chi connectivity index (χ3v) is 4.25. The molecule has 0 saturated carbocycles. The van der Waals surface area contributed by atoms with E-state index in [0.29, 0.717) is 23.9 Å². The van der Waals surface area contributed by atoms with Crippen molar-refractivity contribution in [3.05, 3.63) is 29.3 Å². The Balaban J connectivity index is 1.74. The van der Waals surface area contributed by atoms with Crippen molar-refractivity contribution in [1.29, 1.82) is 0 Å². The van der Waals surface area contributed by atoms with Crippen molar-refractivity contribution >= 4 is 23.5 Å². The Labute approximate surface area is 146 Å². The summed E-state index contributed by atoms with van der Waals surface area (Å²) in [5.41, 5.74) is -1.48. The van der Waals surface area contributed by atoms with E-state index in [9.17, 15) is 14.7 Å². The molecule has 2 rings (SSSR count). The molecule has 1 aliphatic heterocycles. The van der Waals surface area contributed by atoms with Gasteiger partial charge in [0.1, 0.15) is 5.75 Å². The van der Waals surface area contributed by atoms with Gasteiger partial charge in [-0.05, 0) is 31.2 Å². The smallest absolute Gasteiger partial charge is 0.338 e. The van der Waals surface area contributed by atoms with Crippen molar-refractivity contribution < 1.29 is 24.2 Å². The molecule has 0 aliphatic carbocycles. The summed E-state index contributed by atoms with van der Waals surface area (Å²) < 4.78 is 10.4. The number of halogens is 1. The molecule has 0 unspecified atom stereocenters. The number of hydrogen-bond acceptors (Lipinski definition) is 5. The lowest BCUT2D eigenvalue weighted by atomic mass is 9.91. The van der Waals surface area contributed by atoms with E-state index in [0.717, 1.165) is 0 Å². The number of esters is 1. The van der Waals surface area contributed by atoms with Crippen molar-refractivity contribution in [2.24, 2.45) is 0 Å². The number of nitrogens with zero attached hydrogens (tertiary/aromatic N) is 1. The molecule has 1 heterocycles. The molecule has 6 nitrogen and oxygen atoms in total. The lowest BCUT2D eigenvalue weighted by Gasteiger charge is -2.36. The zero-order valence-electron chi connectivity index (χ0n) is 13.7. The number of aliphatic hydroxyl groups is 1. The Morgan fingerprint density at radius 1 is 1.25 bits per heavy atom. The largest absolute Gasteiger partial charge is 0.493 e. The predicted octanol–water partition coefficient (Wildman–Crippen LogP) is 2.03. The van der Waals surface area contributed by atoms with E-state index < -0.39 is 11.6 Å². The third kappa shape index (κ3) is 4.85. The number of likely N-dealkylation sites (tertiary alicyclic amines) is 1. The van der Waals surface area contributed by atoms with E-state index in [1.165, 1.54) is 0 Å². The van der Waals surface area contributed by atoms with Crippen molar-refractivity contribution in [1.82, 2.24) is 4.90 Å². The van der Waals surface area contributed by atoms with Gasteiger partial charge in [-0.1, -0.05) is 11.6 Å². The van der Waals surface area contributed by atoms with Gasteiger partial charge in [-0.15, -0.1) is 0 Å². The molecule has 0 spiro atoms. The van der Waals surface area contributed by atoms with Crippen LogP contribution in [0.25, 0.3) is 0 Å². The first kappa shape index (κ1) is 18.5. The monoisotopic (exact) mass is 355 g/mol. The van der Waals surface area contributed by atoms with Crippen LogP contribution in [0.5, 0.6) is 5.75 Å². The highest BCUT2D eigenvalue weighted by Gasteiger charge is 2.41. The normalized spacial score (nSPS) is 16.5. The van der Waals surface area contributed by atoms with Gasteiger partial charge in [0.15, 0.2) is 5.60 Å². The molecule has 7 heteroatoms. The fraction of sp³-hybridized carbons (Fsp3) is 0.529. The quantitative estimate of drug-likeness (QED) is 0.790. The molecule has 1 saturated heterocycles. The summed E-state index contributed by atoms with van der Waals surface area (Å²) in [6.07, 6.45) is 0.617. The summed E-state index contributed by atoms with van der Waals surface area (Å²) in [7, 11) is 0. The lowest BCUT2D eigenvalue weighted by Crippen LogP contribution is -2.51. The number of carbonyl (C=O) groups is 2. The maximum atomic E-state index is 12.2. The summed E-state index contributed by atoms with van der Waals surface area (Å²) in [5.74, 6) is -0.0134. The van der Waals surface area contributed by atoms with Crippen LogP contribution in [0.4, 0.5) is 0 Å². The van der Waals surface area contributed by atoms with E-state index in [-0.39, 0.29) is 38.4 Å². The van der Waals surface area contributed by atoms with Gasteiger partial charge in [-0.2, -0.15) is 0 Å². The van der Waals surface area contributed by atoms with Crippen LogP contribution in [0, 0.1) is 0 Å². The standard InChI is InChI=1S/C17H22ClNO5/c1-2-23-16(21)17(22)8-10-19(11-9-17)15(20)7-12-24-14-5-3-13(18)4-6-14/h3-6,22H,2,7-12H2,1H3. The molecule has 0 bridgehead atoms. The third-order valence-electron chi connectivity index (χ3n) is 4.00. The topological polar surface area (TPSA) is 76.1 Å². The average molecular weight is 356 g/mol. The molecule has 0 aromatic heterocycles. The number of amides is 1. The number of rotatable bonds is 6. The highest BCUT2D eigenvalue weighted by Crippen LogP contribution is 2.24. The van der Waals surface area contributed by atoms with Crippen molar-refractivity contribution in [2.45, 2.75) is 31.8 Å². The van der Waals surface area contributed by atoms with Gasteiger partial charge in [0.2, 0.25) is 5.91 Å². The average Bonchev–Trinajstić information content (AvgIpc) is 2.57. The highest BCUT2D eigenvalue weighted by atomic mass is 35.5. The van der Waals surface area contributed by atoms with Crippen LogP contribution in [0.15, 0.2) is 24.3 Å². The van der Waals surface area contributed by atoms with Crippen LogP contribution in [-0.2, 0) is 14.3 Å². The van der Waals surface area contributed by atoms with Crippen molar-refractivity contribution in [2.75, 3.05) is 26.3 Å². The first-order chi connectivity index (χ1) is 11.4. The van der Waals surface area contributed by atoms with E-state index in [4.69, 9.17) is 21.1 Å². The number of ether oxygens (including phenoxy) is 2. The molecular weight excluding hydrogens is 334 g/mol. The molecule has 132 valence electrons. The molecule has 1 amide bonds. The molecule has 0 atom stereocenters. The summed E-state index contributed by atoms with van der Waals surface area (Å²) in [6.45, 7) is 2.84. The molecule has 1 aromatic rings. The van der Waals surface area contributed by atoms with E-state index in [2.05, 4.69) is 0 Å². The Morgan fingerprint density at radius 2 is 1.88 bits per heavy atom. The maximum Gasteiger partial charge on any atom is 0.338 e. The Hall–Kier alpha value is -1.79. The van der Waals surface area contributed by atoms with Crippen LogP contribution in [0.1, 0.15) is 26.2 Å². The van der Waals surface area contributed by atoms with Gasteiger partial charge in [-0.3, -0.25) is 4.79 Å².